The number of sulfonamides is 1. The third-order valence-electron chi connectivity index (χ3n) is 4.50. The Balaban J connectivity index is 1.88. The first-order chi connectivity index (χ1) is 13.2. The SMILES string of the molecule is Cc1ccc(C)c(N([C@H](C)C(=O)Nc2ccc3c(c2)OCCO3)S(C)(=O)=O)c1. The second-order valence-corrected chi connectivity index (χ2v) is 8.73. The van der Waals surface area contributed by atoms with Crippen LogP contribution in [0.4, 0.5) is 11.4 Å². The fraction of sp³-hybridized carbons (Fsp3) is 0.350. The van der Waals surface area contributed by atoms with E-state index in [1.165, 1.54) is 0 Å². The average Bonchev–Trinajstić information content (AvgIpc) is 2.63. The van der Waals surface area contributed by atoms with E-state index in [0.29, 0.717) is 36.1 Å². The van der Waals surface area contributed by atoms with E-state index >= 15 is 0 Å². The smallest absolute Gasteiger partial charge is 0.247 e. The van der Waals surface area contributed by atoms with Gasteiger partial charge in [-0.15, -0.1) is 0 Å². The van der Waals surface area contributed by atoms with Gasteiger partial charge in [0, 0.05) is 11.8 Å². The standard InChI is InChI=1S/C20H24N2O5S/c1-13-5-6-14(2)17(11-13)22(28(4,24)25)15(3)20(23)21-16-7-8-18-19(12-16)27-10-9-26-18/h5-8,11-12,15H,9-10H2,1-4H3,(H,21,23)/t15-/m1/s1. The molecule has 0 spiro atoms. The lowest BCUT2D eigenvalue weighted by Gasteiger charge is -2.30. The Morgan fingerprint density at radius 3 is 2.43 bits per heavy atom. The summed E-state index contributed by atoms with van der Waals surface area (Å²) in [6, 6.07) is 9.65. The number of carbonyl (C=O) groups is 1. The Hall–Kier alpha value is -2.74. The first kappa shape index (κ1) is 20.0. The lowest BCUT2D eigenvalue weighted by atomic mass is 10.1. The van der Waals surface area contributed by atoms with Gasteiger partial charge in [0.2, 0.25) is 15.9 Å². The van der Waals surface area contributed by atoms with Crippen molar-refractivity contribution in [2.24, 2.45) is 0 Å². The molecule has 0 aromatic heterocycles. The van der Waals surface area contributed by atoms with Crippen LogP contribution in [0, 0.1) is 13.8 Å². The van der Waals surface area contributed by atoms with Crippen molar-refractivity contribution in [3.8, 4) is 11.5 Å². The van der Waals surface area contributed by atoms with Gasteiger partial charge in [0.1, 0.15) is 19.3 Å². The number of benzene rings is 2. The number of ether oxygens (including phenoxy) is 2. The van der Waals surface area contributed by atoms with Crippen molar-refractivity contribution in [3.63, 3.8) is 0 Å². The van der Waals surface area contributed by atoms with Crippen molar-refractivity contribution in [2.45, 2.75) is 26.8 Å². The van der Waals surface area contributed by atoms with Gasteiger partial charge in [-0.1, -0.05) is 12.1 Å². The summed E-state index contributed by atoms with van der Waals surface area (Å²) in [6.45, 7) is 6.18. The van der Waals surface area contributed by atoms with Crippen LogP contribution >= 0.6 is 0 Å². The molecule has 2 aromatic carbocycles. The maximum atomic E-state index is 12.8. The van der Waals surface area contributed by atoms with Crippen LogP contribution in [0.25, 0.3) is 0 Å². The Bertz CT molecular complexity index is 1000. The molecular formula is C20H24N2O5S. The average molecular weight is 404 g/mol. The molecule has 1 heterocycles. The molecular weight excluding hydrogens is 380 g/mol. The van der Waals surface area contributed by atoms with Crippen molar-refractivity contribution < 1.29 is 22.7 Å². The van der Waals surface area contributed by atoms with Crippen LogP contribution in [-0.2, 0) is 14.8 Å². The molecule has 28 heavy (non-hydrogen) atoms. The van der Waals surface area contributed by atoms with Crippen molar-refractivity contribution in [1.29, 1.82) is 0 Å². The highest BCUT2D eigenvalue weighted by Crippen LogP contribution is 2.33. The van der Waals surface area contributed by atoms with Gasteiger partial charge >= 0.3 is 0 Å². The number of fused-ring (bicyclic) bond motifs is 1. The van der Waals surface area contributed by atoms with E-state index in [0.717, 1.165) is 21.7 Å². The van der Waals surface area contributed by atoms with Crippen LogP contribution in [0.3, 0.4) is 0 Å². The number of amides is 1. The van der Waals surface area contributed by atoms with Crippen molar-refractivity contribution >= 4 is 27.3 Å². The molecule has 0 saturated carbocycles. The number of nitrogens with zero attached hydrogens (tertiary/aromatic N) is 1. The molecule has 0 saturated heterocycles. The fourth-order valence-electron chi connectivity index (χ4n) is 3.11. The predicted octanol–water partition coefficient (Wildman–Crippen LogP) is 2.87. The Kier molecular flexibility index (Phi) is 5.51. The Morgan fingerprint density at radius 1 is 1.07 bits per heavy atom. The highest BCUT2D eigenvalue weighted by Gasteiger charge is 2.30. The summed E-state index contributed by atoms with van der Waals surface area (Å²) in [5, 5.41) is 2.77. The molecule has 8 heteroatoms. The maximum Gasteiger partial charge on any atom is 0.247 e. The number of aryl methyl sites for hydroxylation is 2. The van der Waals surface area contributed by atoms with E-state index in [9.17, 15) is 13.2 Å². The lowest BCUT2D eigenvalue weighted by molar-refractivity contribution is -0.116. The zero-order valence-electron chi connectivity index (χ0n) is 16.4. The Labute approximate surface area is 165 Å². The number of carbonyl (C=O) groups excluding carboxylic acids is 1. The van der Waals surface area contributed by atoms with Crippen LogP contribution < -0.4 is 19.1 Å². The molecule has 0 unspecified atom stereocenters. The molecule has 0 bridgehead atoms. The third kappa shape index (κ3) is 4.22. The molecule has 1 atom stereocenters. The van der Waals surface area contributed by atoms with Gasteiger partial charge in [-0.3, -0.25) is 9.10 Å². The van der Waals surface area contributed by atoms with Crippen LogP contribution in [-0.4, -0.2) is 39.8 Å². The van der Waals surface area contributed by atoms with Crippen LogP contribution in [0.1, 0.15) is 18.1 Å². The van der Waals surface area contributed by atoms with Crippen LogP contribution in [0.15, 0.2) is 36.4 Å². The first-order valence-corrected chi connectivity index (χ1v) is 10.8. The van der Waals surface area contributed by atoms with Gasteiger partial charge in [0.15, 0.2) is 11.5 Å². The van der Waals surface area contributed by atoms with E-state index in [1.54, 1.807) is 31.2 Å². The van der Waals surface area contributed by atoms with Gasteiger partial charge in [0.05, 0.1) is 11.9 Å². The topological polar surface area (TPSA) is 84.9 Å². The summed E-state index contributed by atoms with van der Waals surface area (Å²) in [4.78, 5) is 12.8. The Morgan fingerprint density at radius 2 is 1.75 bits per heavy atom. The van der Waals surface area contributed by atoms with E-state index in [4.69, 9.17) is 9.47 Å². The molecule has 1 aliphatic heterocycles. The molecule has 1 aliphatic rings. The number of hydrogen-bond donors (Lipinski definition) is 1. The van der Waals surface area contributed by atoms with Gasteiger partial charge in [-0.05, 0) is 50.1 Å². The molecule has 0 fully saturated rings. The van der Waals surface area contributed by atoms with E-state index < -0.39 is 22.0 Å². The largest absolute Gasteiger partial charge is 0.486 e. The number of rotatable bonds is 5. The summed E-state index contributed by atoms with van der Waals surface area (Å²) < 4.78 is 37.1. The molecule has 150 valence electrons. The lowest BCUT2D eigenvalue weighted by Crippen LogP contribution is -2.45. The zero-order chi connectivity index (χ0) is 20.5. The molecule has 0 aliphatic carbocycles. The third-order valence-corrected chi connectivity index (χ3v) is 5.73. The number of anilines is 2. The minimum atomic E-state index is -3.68. The van der Waals surface area contributed by atoms with Gasteiger partial charge in [-0.25, -0.2) is 8.42 Å². The van der Waals surface area contributed by atoms with Gasteiger partial charge in [-0.2, -0.15) is 0 Å². The van der Waals surface area contributed by atoms with Crippen molar-refractivity contribution in [3.05, 3.63) is 47.5 Å². The van der Waals surface area contributed by atoms with E-state index in [2.05, 4.69) is 5.32 Å². The molecule has 7 nitrogen and oxygen atoms in total. The molecule has 0 radical (unpaired) electrons. The molecule has 1 amide bonds. The second kappa shape index (κ2) is 7.71. The maximum absolute atomic E-state index is 12.8. The van der Waals surface area contributed by atoms with Gasteiger partial charge < -0.3 is 14.8 Å². The van der Waals surface area contributed by atoms with Gasteiger partial charge in [0.25, 0.3) is 0 Å². The molecule has 3 rings (SSSR count). The minimum Gasteiger partial charge on any atom is -0.486 e. The fourth-order valence-corrected chi connectivity index (χ4v) is 4.33. The second-order valence-electron chi connectivity index (χ2n) is 6.87. The summed E-state index contributed by atoms with van der Waals surface area (Å²) in [7, 11) is -3.68. The summed E-state index contributed by atoms with van der Waals surface area (Å²) >= 11 is 0. The number of hydrogen-bond acceptors (Lipinski definition) is 5. The molecule has 1 N–H and O–H groups in total. The predicted molar refractivity (Wildman–Crippen MR) is 109 cm³/mol. The summed E-state index contributed by atoms with van der Waals surface area (Å²) in [6.07, 6.45) is 1.10. The van der Waals surface area contributed by atoms with E-state index in [1.807, 2.05) is 26.0 Å². The normalized spacial score (nSPS) is 14.3. The molecule has 2 aromatic rings. The van der Waals surface area contributed by atoms with Crippen LogP contribution in [0.2, 0.25) is 0 Å². The quantitative estimate of drug-likeness (QED) is 0.828. The zero-order valence-corrected chi connectivity index (χ0v) is 17.2. The number of nitrogens with one attached hydrogen (secondary N) is 1. The summed E-state index contributed by atoms with van der Waals surface area (Å²) in [5.74, 6) is 0.722. The van der Waals surface area contributed by atoms with Crippen LogP contribution in [0.5, 0.6) is 11.5 Å². The highest BCUT2D eigenvalue weighted by molar-refractivity contribution is 7.92. The minimum absolute atomic E-state index is 0.440. The highest BCUT2D eigenvalue weighted by atomic mass is 32.2. The van der Waals surface area contributed by atoms with Crippen molar-refractivity contribution in [2.75, 3.05) is 29.1 Å². The first-order valence-electron chi connectivity index (χ1n) is 8.94. The van der Waals surface area contributed by atoms with Crippen molar-refractivity contribution in [1.82, 2.24) is 0 Å². The van der Waals surface area contributed by atoms with E-state index in [-0.39, 0.29) is 0 Å². The monoisotopic (exact) mass is 404 g/mol. The summed E-state index contributed by atoms with van der Waals surface area (Å²) in [5.41, 5.74) is 2.69.